The van der Waals surface area contributed by atoms with Gasteiger partial charge in [-0.3, -0.25) is 0 Å². The highest BCUT2D eigenvalue weighted by Crippen LogP contribution is 2.62. The van der Waals surface area contributed by atoms with Gasteiger partial charge in [-0.25, -0.2) is 0 Å². The van der Waals surface area contributed by atoms with Crippen molar-refractivity contribution in [3.63, 3.8) is 0 Å². The second-order valence-corrected chi connectivity index (χ2v) is 5.43. The second-order valence-electron chi connectivity index (χ2n) is 5.43. The van der Waals surface area contributed by atoms with Crippen LogP contribution in [0.4, 0.5) is 0 Å². The van der Waals surface area contributed by atoms with Gasteiger partial charge < -0.3 is 0 Å². The molecule has 0 aromatic carbocycles. The maximum Gasteiger partial charge on any atom is -0.0295 e. The number of fused-ring (bicyclic) bond motifs is 2. The minimum absolute atomic E-state index is 0.686. The molecule has 0 spiro atoms. The minimum atomic E-state index is 0.686. The fourth-order valence-corrected chi connectivity index (χ4v) is 3.41. The molecule has 0 radical (unpaired) electrons. The predicted octanol–water partition coefficient (Wildman–Crippen LogP) is 3.32. The van der Waals surface area contributed by atoms with E-state index in [0.717, 1.165) is 23.7 Å². The number of hydrogen-bond donors (Lipinski definition) is 0. The fraction of sp³-hybridized carbons (Fsp3) is 1.00. The van der Waals surface area contributed by atoms with Crippen LogP contribution in [0.15, 0.2) is 0 Å². The van der Waals surface area contributed by atoms with E-state index in [9.17, 15) is 0 Å². The molecule has 3 fully saturated rings. The van der Waals surface area contributed by atoms with Crippen LogP contribution in [-0.4, -0.2) is 0 Å². The van der Waals surface area contributed by atoms with Gasteiger partial charge in [0.25, 0.3) is 0 Å². The molecule has 0 aliphatic heterocycles. The summed E-state index contributed by atoms with van der Waals surface area (Å²) in [7, 11) is 0. The van der Waals surface area contributed by atoms with Crippen LogP contribution in [0.3, 0.4) is 0 Å². The third-order valence-corrected chi connectivity index (χ3v) is 4.73. The maximum atomic E-state index is 2.47. The zero-order valence-electron chi connectivity index (χ0n) is 8.22. The molecule has 0 heterocycles. The molecule has 11 heavy (non-hydrogen) atoms. The Kier molecular flexibility index (Phi) is 1.41. The van der Waals surface area contributed by atoms with Crippen molar-refractivity contribution >= 4 is 0 Å². The van der Waals surface area contributed by atoms with E-state index in [1.165, 1.54) is 12.8 Å². The van der Waals surface area contributed by atoms with Gasteiger partial charge in [0.05, 0.1) is 0 Å². The van der Waals surface area contributed by atoms with Crippen molar-refractivity contribution in [2.24, 2.45) is 29.1 Å². The van der Waals surface area contributed by atoms with E-state index in [1.807, 2.05) is 0 Å². The molecule has 0 heteroatoms. The Bertz CT molecular complexity index is 169. The summed E-state index contributed by atoms with van der Waals surface area (Å²) in [6.07, 6.45) is 3.02. The molecule has 0 unspecified atom stereocenters. The molecule has 0 saturated heterocycles. The van der Waals surface area contributed by atoms with Gasteiger partial charge in [0.15, 0.2) is 0 Å². The van der Waals surface area contributed by atoms with Crippen molar-refractivity contribution in [3.8, 4) is 0 Å². The molecule has 64 valence electrons. The summed E-state index contributed by atoms with van der Waals surface area (Å²) in [4.78, 5) is 0. The summed E-state index contributed by atoms with van der Waals surface area (Å²) in [6, 6.07) is 0. The Morgan fingerprint density at radius 1 is 1.09 bits per heavy atom. The molecular formula is C11H20. The Hall–Kier alpha value is 0. The van der Waals surface area contributed by atoms with Crippen molar-refractivity contribution in [2.75, 3.05) is 0 Å². The van der Waals surface area contributed by atoms with Crippen LogP contribution in [0, 0.1) is 29.1 Å². The molecular weight excluding hydrogens is 132 g/mol. The molecule has 0 N–H and O–H groups in total. The van der Waals surface area contributed by atoms with Crippen LogP contribution in [0.25, 0.3) is 0 Å². The molecule has 0 nitrogen and oxygen atoms in total. The lowest BCUT2D eigenvalue weighted by Crippen LogP contribution is -2.54. The molecule has 0 aromatic rings. The van der Waals surface area contributed by atoms with Gasteiger partial charge in [-0.15, -0.1) is 0 Å². The van der Waals surface area contributed by atoms with E-state index < -0.39 is 0 Å². The second kappa shape index (κ2) is 2.02. The van der Waals surface area contributed by atoms with Crippen molar-refractivity contribution in [3.05, 3.63) is 0 Å². The van der Waals surface area contributed by atoms with Gasteiger partial charge in [0.1, 0.15) is 0 Å². The predicted molar refractivity (Wildman–Crippen MR) is 48.3 cm³/mol. The SMILES string of the molecule is C[C@@H]1[C@H]2C[C@@H](C[C@@H]1C)C2(C)C. The van der Waals surface area contributed by atoms with Crippen LogP contribution in [0.2, 0.25) is 0 Å². The van der Waals surface area contributed by atoms with Crippen LogP contribution < -0.4 is 0 Å². The molecule has 0 aromatic heterocycles. The highest BCUT2D eigenvalue weighted by atomic mass is 14.6. The van der Waals surface area contributed by atoms with E-state index >= 15 is 0 Å². The van der Waals surface area contributed by atoms with Crippen molar-refractivity contribution in [1.82, 2.24) is 0 Å². The van der Waals surface area contributed by atoms with E-state index in [4.69, 9.17) is 0 Å². The van der Waals surface area contributed by atoms with Gasteiger partial charge >= 0.3 is 0 Å². The van der Waals surface area contributed by atoms with Crippen molar-refractivity contribution in [1.29, 1.82) is 0 Å². The lowest BCUT2D eigenvalue weighted by atomic mass is 9.44. The summed E-state index contributed by atoms with van der Waals surface area (Å²) < 4.78 is 0. The molecule has 3 rings (SSSR count). The first kappa shape index (κ1) is 7.64. The lowest BCUT2D eigenvalue weighted by molar-refractivity contribution is -0.124. The zero-order valence-corrected chi connectivity index (χ0v) is 8.22. The van der Waals surface area contributed by atoms with Gasteiger partial charge in [-0.1, -0.05) is 27.7 Å². The highest BCUT2D eigenvalue weighted by molar-refractivity contribution is 5.03. The van der Waals surface area contributed by atoms with Crippen LogP contribution >= 0.6 is 0 Å². The first-order valence-corrected chi connectivity index (χ1v) is 5.03. The lowest BCUT2D eigenvalue weighted by Gasteiger charge is -2.61. The van der Waals surface area contributed by atoms with Gasteiger partial charge in [0, 0.05) is 0 Å². The summed E-state index contributed by atoms with van der Waals surface area (Å²) in [5, 5.41) is 0. The summed E-state index contributed by atoms with van der Waals surface area (Å²) >= 11 is 0. The topological polar surface area (TPSA) is 0 Å². The average molecular weight is 152 g/mol. The fourth-order valence-electron chi connectivity index (χ4n) is 3.41. The van der Waals surface area contributed by atoms with E-state index in [1.54, 1.807) is 0 Å². The third kappa shape index (κ3) is 0.816. The van der Waals surface area contributed by atoms with Crippen molar-refractivity contribution < 1.29 is 0 Å². The maximum absolute atomic E-state index is 2.47. The molecule has 3 saturated carbocycles. The van der Waals surface area contributed by atoms with E-state index in [0.29, 0.717) is 5.41 Å². The van der Waals surface area contributed by atoms with Gasteiger partial charge in [0.2, 0.25) is 0 Å². The first-order valence-electron chi connectivity index (χ1n) is 5.03. The van der Waals surface area contributed by atoms with Crippen LogP contribution in [-0.2, 0) is 0 Å². The van der Waals surface area contributed by atoms with Crippen LogP contribution in [0.1, 0.15) is 40.5 Å². The van der Waals surface area contributed by atoms with Gasteiger partial charge in [-0.05, 0) is 41.9 Å². The van der Waals surface area contributed by atoms with Crippen LogP contribution in [0.5, 0.6) is 0 Å². The molecule has 3 aliphatic carbocycles. The highest BCUT2D eigenvalue weighted by Gasteiger charge is 2.54. The summed E-state index contributed by atoms with van der Waals surface area (Å²) in [6.45, 7) is 9.81. The smallest absolute Gasteiger partial charge is 0.0295 e. The Morgan fingerprint density at radius 3 is 2.09 bits per heavy atom. The Labute approximate surface area is 70.4 Å². The van der Waals surface area contributed by atoms with Crippen molar-refractivity contribution in [2.45, 2.75) is 40.5 Å². The van der Waals surface area contributed by atoms with E-state index in [-0.39, 0.29) is 0 Å². The zero-order chi connectivity index (χ0) is 8.22. The number of hydrogen-bond acceptors (Lipinski definition) is 0. The normalized spacial score (nSPS) is 53.5. The average Bonchev–Trinajstić information content (AvgIpc) is 1.93. The number of rotatable bonds is 0. The molecule has 4 atom stereocenters. The largest absolute Gasteiger partial charge is 0.0622 e. The standard InChI is InChI=1S/C11H20/c1-7-5-9-6-10(8(7)2)11(9,3)4/h7-10H,5-6H2,1-4H3/t7-,8-,9+,10+/m0/s1. The molecule has 0 amide bonds. The summed E-state index contributed by atoms with van der Waals surface area (Å²) in [5.41, 5.74) is 0.686. The Balaban J connectivity index is 2.17. The summed E-state index contributed by atoms with van der Waals surface area (Å²) in [5.74, 6) is 4.07. The minimum Gasteiger partial charge on any atom is -0.0622 e. The molecule has 3 aliphatic rings. The third-order valence-electron chi connectivity index (χ3n) is 4.73. The Morgan fingerprint density at radius 2 is 1.73 bits per heavy atom. The first-order chi connectivity index (χ1) is 5.03. The monoisotopic (exact) mass is 152 g/mol. The molecule has 2 bridgehead atoms. The van der Waals surface area contributed by atoms with Gasteiger partial charge in [-0.2, -0.15) is 0 Å². The quantitative estimate of drug-likeness (QED) is 0.499. The van der Waals surface area contributed by atoms with E-state index in [2.05, 4.69) is 27.7 Å².